The first-order chi connectivity index (χ1) is 17.3. The van der Waals surface area contributed by atoms with Crippen LogP contribution in [0.3, 0.4) is 0 Å². The second-order valence-corrected chi connectivity index (χ2v) is 8.02. The van der Waals surface area contributed by atoms with Gasteiger partial charge in [-0.05, 0) is 25.0 Å². The third-order valence-electron chi connectivity index (χ3n) is 4.65. The number of ether oxygens (including phenoxy) is 2. The monoisotopic (exact) mass is 496 g/mol. The molecular formula is C26H32N4O6. The summed E-state index contributed by atoms with van der Waals surface area (Å²) in [6, 6.07) is 17.2. The minimum absolute atomic E-state index is 0.0734. The largest absolute Gasteiger partial charge is 0.460 e. The highest BCUT2D eigenvalue weighted by molar-refractivity contribution is 5.91. The molecule has 0 aliphatic rings. The molecule has 0 aliphatic carbocycles. The molecule has 36 heavy (non-hydrogen) atoms. The van der Waals surface area contributed by atoms with E-state index in [1.54, 1.807) is 13.8 Å². The summed E-state index contributed by atoms with van der Waals surface area (Å²) >= 11 is 0. The van der Waals surface area contributed by atoms with Crippen LogP contribution in [0.2, 0.25) is 0 Å². The summed E-state index contributed by atoms with van der Waals surface area (Å²) in [4.78, 5) is 47.4. The molecule has 0 aromatic heterocycles. The van der Waals surface area contributed by atoms with Crippen molar-refractivity contribution in [3.63, 3.8) is 0 Å². The van der Waals surface area contributed by atoms with E-state index < -0.39 is 36.1 Å². The van der Waals surface area contributed by atoms with Gasteiger partial charge in [-0.15, -0.1) is 0 Å². The molecule has 2 aromatic carbocycles. The number of rotatable bonds is 12. The Morgan fingerprint density at radius 3 is 1.39 bits per heavy atom. The highest BCUT2D eigenvalue weighted by Gasteiger charge is 2.11. The number of hydrogen-bond acceptors (Lipinski definition) is 6. The minimum atomic E-state index is -0.753. The summed E-state index contributed by atoms with van der Waals surface area (Å²) in [7, 11) is 0. The van der Waals surface area contributed by atoms with Crippen LogP contribution in [0, 0.1) is 0 Å². The van der Waals surface area contributed by atoms with E-state index in [1.807, 2.05) is 60.7 Å². The number of esters is 2. The van der Waals surface area contributed by atoms with Crippen molar-refractivity contribution in [3.05, 3.63) is 83.9 Å². The van der Waals surface area contributed by atoms with Crippen molar-refractivity contribution in [2.45, 2.75) is 39.0 Å². The summed E-state index contributed by atoms with van der Waals surface area (Å²) in [6.07, 6.45) is 1.88. The fraction of sp³-hybridized carbons (Fsp3) is 0.308. The Balaban J connectivity index is 1.56. The Morgan fingerprint density at radius 2 is 1.03 bits per heavy atom. The molecule has 0 unspecified atom stereocenters. The van der Waals surface area contributed by atoms with E-state index in [2.05, 4.69) is 21.3 Å². The average Bonchev–Trinajstić information content (AvgIpc) is 2.88. The molecule has 0 spiro atoms. The molecule has 2 atom stereocenters. The van der Waals surface area contributed by atoms with Gasteiger partial charge in [0.1, 0.15) is 13.2 Å². The van der Waals surface area contributed by atoms with E-state index in [4.69, 9.17) is 9.47 Å². The number of amides is 4. The maximum absolute atomic E-state index is 11.9. The van der Waals surface area contributed by atoms with Crippen molar-refractivity contribution < 1.29 is 28.7 Å². The second-order valence-electron chi connectivity index (χ2n) is 8.02. The first kappa shape index (κ1) is 27.9. The number of urea groups is 2. The van der Waals surface area contributed by atoms with Crippen molar-refractivity contribution in [3.8, 4) is 0 Å². The van der Waals surface area contributed by atoms with Gasteiger partial charge in [-0.25, -0.2) is 19.2 Å². The predicted octanol–water partition coefficient (Wildman–Crippen LogP) is 2.40. The van der Waals surface area contributed by atoms with Crippen LogP contribution in [-0.2, 0) is 32.2 Å². The first-order valence-corrected chi connectivity index (χ1v) is 11.5. The summed E-state index contributed by atoms with van der Waals surface area (Å²) in [5, 5.41) is 10.7. The zero-order valence-electron chi connectivity index (χ0n) is 20.4. The van der Waals surface area contributed by atoms with Crippen LogP contribution >= 0.6 is 0 Å². The number of hydrogen-bond donors (Lipinski definition) is 4. The van der Waals surface area contributed by atoms with Crippen molar-refractivity contribution >= 4 is 24.0 Å². The van der Waals surface area contributed by atoms with Crippen LogP contribution in [0.25, 0.3) is 0 Å². The lowest BCUT2D eigenvalue weighted by molar-refractivity contribution is -0.141. The molecule has 0 fully saturated rings. The lowest BCUT2D eigenvalue weighted by Gasteiger charge is -2.15. The number of nitrogens with one attached hydrogen (secondary N) is 4. The molecule has 10 heteroatoms. The highest BCUT2D eigenvalue weighted by atomic mass is 16.5. The lowest BCUT2D eigenvalue weighted by Crippen LogP contribution is -2.42. The topological polar surface area (TPSA) is 135 Å². The van der Waals surface area contributed by atoms with Crippen molar-refractivity contribution in [2.75, 3.05) is 13.2 Å². The van der Waals surface area contributed by atoms with Crippen LogP contribution in [0.1, 0.15) is 25.0 Å². The van der Waals surface area contributed by atoms with Crippen molar-refractivity contribution in [1.29, 1.82) is 0 Å². The van der Waals surface area contributed by atoms with Crippen LogP contribution in [-0.4, -0.2) is 49.3 Å². The van der Waals surface area contributed by atoms with E-state index in [0.717, 1.165) is 23.3 Å². The van der Waals surface area contributed by atoms with E-state index in [1.165, 1.54) is 0 Å². The quantitative estimate of drug-likeness (QED) is 0.263. The van der Waals surface area contributed by atoms with Crippen LogP contribution < -0.4 is 21.3 Å². The van der Waals surface area contributed by atoms with Gasteiger partial charge in [0.2, 0.25) is 0 Å². The molecular weight excluding hydrogens is 464 g/mol. The molecule has 0 saturated heterocycles. The third-order valence-corrected chi connectivity index (χ3v) is 4.65. The van der Waals surface area contributed by atoms with E-state index >= 15 is 0 Å². The molecule has 4 N–H and O–H groups in total. The Kier molecular flexibility index (Phi) is 12.0. The Bertz CT molecular complexity index is 932. The molecule has 0 saturated carbocycles. The minimum Gasteiger partial charge on any atom is -0.460 e. The zero-order valence-corrected chi connectivity index (χ0v) is 20.4. The number of carbonyl (C=O) groups excluding carboxylic acids is 4. The van der Waals surface area contributed by atoms with Gasteiger partial charge in [0.15, 0.2) is 0 Å². The molecule has 0 heterocycles. The van der Waals surface area contributed by atoms with E-state index in [9.17, 15) is 19.2 Å². The fourth-order valence-electron chi connectivity index (χ4n) is 2.84. The van der Waals surface area contributed by atoms with Crippen molar-refractivity contribution in [2.24, 2.45) is 0 Å². The Labute approximate surface area is 210 Å². The Hall–Kier alpha value is -4.34. The van der Waals surface area contributed by atoms with Gasteiger partial charge in [0, 0.05) is 25.2 Å². The third kappa shape index (κ3) is 12.2. The van der Waals surface area contributed by atoms with Gasteiger partial charge >= 0.3 is 24.0 Å². The average molecular weight is 497 g/mol. The van der Waals surface area contributed by atoms with Gasteiger partial charge in [-0.1, -0.05) is 60.7 Å². The fourth-order valence-corrected chi connectivity index (χ4v) is 2.84. The summed E-state index contributed by atoms with van der Waals surface area (Å²) < 4.78 is 10.0. The summed E-state index contributed by atoms with van der Waals surface area (Å²) in [5.41, 5.74) is 1.92. The number of benzene rings is 2. The van der Waals surface area contributed by atoms with Gasteiger partial charge in [-0.2, -0.15) is 0 Å². The zero-order chi connectivity index (χ0) is 26.2. The smallest absolute Gasteiger partial charge is 0.331 e. The molecule has 10 nitrogen and oxygen atoms in total. The molecule has 4 amide bonds. The maximum atomic E-state index is 11.9. The molecule has 2 rings (SSSR count). The van der Waals surface area contributed by atoms with E-state index in [0.29, 0.717) is 13.1 Å². The Morgan fingerprint density at radius 1 is 0.667 bits per heavy atom. The van der Waals surface area contributed by atoms with Crippen LogP contribution in [0.4, 0.5) is 9.59 Å². The predicted molar refractivity (Wildman–Crippen MR) is 134 cm³/mol. The summed E-state index contributed by atoms with van der Waals surface area (Å²) in [6.45, 7) is 3.95. The lowest BCUT2D eigenvalue weighted by atomic mass is 10.2. The second kappa shape index (κ2) is 15.5. The van der Waals surface area contributed by atoms with Crippen LogP contribution in [0.15, 0.2) is 72.8 Å². The van der Waals surface area contributed by atoms with Gasteiger partial charge in [0.05, 0.1) is 12.1 Å². The molecule has 0 aliphatic heterocycles. The number of carbonyl (C=O) groups is 4. The van der Waals surface area contributed by atoms with Crippen LogP contribution in [0.5, 0.6) is 0 Å². The van der Waals surface area contributed by atoms with Gasteiger partial charge in [0.25, 0.3) is 0 Å². The summed E-state index contributed by atoms with van der Waals surface area (Å²) in [5.74, 6) is -1.51. The molecule has 2 aromatic rings. The van der Waals surface area contributed by atoms with E-state index in [-0.39, 0.29) is 13.2 Å². The van der Waals surface area contributed by atoms with Crippen molar-refractivity contribution in [1.82, 2.24) is 21.3 Å². The molecule has 0 radical (unpaired) electrons. The first-order valence-electron chi connectivity index (χ1n) is 11.5. The van der Waals surface area contributed by atoms with Gasteiger partial charge in [-0.3, -0.25) is 0 Å². The SMILES string of the molecule is C[C@H](COC(=O)/C=C/C(=O)OC[C@@H](C)NC(=O)NCc1ccccc1)NC(=O)NCc1ccccc1. The van der Waals surface area contributed by atoms with Gasteiger partial charge < -0.3 is 30.7 Å². The molecule has 0 bridgehead atoms. The maximum Gasteiger partial charge on any atom is 0.331 e. The standard InChI is InChI=1S/C26H32N4O6/c1-19(29-25(33)27-15-21-9-5-3-6-10-21)17-35-23(31)13-14-24(32)36-18-20(2)30-26(34)28-16-22-11-7-4-8-12-22/h3-14,19-20H,15-18H2,1-2H3,(H2,27,29,33)(H2,28,30,34)/b14-13+/t19-,20-/m1/s1. The normalized spacial score (nSPS) is 12.2. The highest BCUT2D eigenvalue weighted by Crippen LogP contribution is 1.98. The molecule has 192 valence electrons.